The minimum absolute atomic E-state index is 0.0757. The van der Waals surface area contributed by atoms with E-state index in [0.717, 1.165) is 4.90 Å². The fourth-order valence-corrected chi connectivity index (χ4v) is 3.71. The van der Waals surface area contributed by atoms with Crippen molar-refractivity contribution in [1.82, 2.24) is 34.8 Å². The first-order valence-electron chi connectivity index (χ1n) is 11.3. The van der Waals surface area contributed by atoms with E-state index in [-0.39, 0.29) is 24.0 Å². The summed E-state index contributed by atoms with van der Waals surface area (Å²) in [6.07, 6.45) is -8.11. The number of carbonyl (C=O) groups is 1. The van der Waals surface area contributed by atoms with E-state index < -0.39 is 43.3 Å². The Morgan fingerprint density at radius 3 is 2.39 bits per heavy atom. The molecule has 3 rings (SSSR count). The number of alkyl halides is 6. The monoisotopic (exact) mass is 549 g/mol. The molecule has 3 aromatic rings. The standard InChI is InChI=1S/C22H25F6N7O3/c1-5-35(20(36)31-16(22(26,27)28)6-7-21(23,24)25)12(2)14-10-13(18(37-3)33-32-14)15-11-34-9-8-29-17(34)19(30-15)38-4/h8-12,16H,5-7H2,1-4H3,(H,31,36). The zero-order valence-electron chi connectivity index (χ0n) is 20.8. The van der Waals surface area contributed by atoms with E-state index in [1.165, 1.54) is 34.1 Å². The molecule has 2 atom stereocenters. The summed E-state index contributed by atoms with van der Waals surface area (Å²) >= 11 is 0. The van der Waals surface area contributed by atoms with E-state index >= 15 is 0 Å². The average molecular weight is 549 g/mol. The van der Waals surface area contributed by atoms with E-state index in [9.17, 15) is 31.1 Å². The van der Waals surface area contributed by atoms with Gasteiger partial charge in [0.1, 0.15) is 6.04 Å². The molecule has 0 aromatic carbocycles. The third kappa shape index (κ3) is 6.52. The number of rotatable bonds is 9. The van der Waals surface area contributed by atoms with Gasteiger partial charge in [-0.3, -0.25) is 0 Å². The summed E-state index contributed by atoms with van der Waals surface area (Å²) in [7, 11) is 2.77. The van der Waals surface area contributed by atoms with Crippen LogP contribution in [0.1, 0.15) is 38.4 Å². The highest BCUT2D eigenvalue weighted by atomic mass is 19.4. The highest BCUT2D eigenvalue weighted by Crippen LogP contribution is 2.33. The molecule has 38 heavy (non-hydrogen) atoms. The molecule has 0 radical (unpaired) electrons. The van der Waals surface area contributed by atoms with Crippen LogP contribution in [0.4, 0.5) is 31.1 Å². The minimum atomic E-state index is -5.08. The van der Waals surface area contributed by atoms with Crippen molar-refractivity contribution in [3.05, 3.63) is 30.4 Å². The molecular formula is C22H25F6N7O3. The van der Waals surface area contributed by atoms with E-state index in [2.05, 4.69) is 20.2 Å². The molecule has 0 saturated carbocycles. The molecular weight excluding hydrogens is 524 g/mol. The van der Waals surface area contributed by atoms with Crippen LogP contribution < -0.4 is 14.8 Å². The molecule has 16 heteroatoms. The van der Waals surface area contributed by atoms with E-state index in [1.807, 2.05) is 0 Å². The number of imidazole rings is 1. The summed E-state index contributed by atoms with van der Waals surface area (Å²) in [5.41, 5.74) is 1.30. The Morgan fingerprint density at radius 1 is 1.13 bits per heavy atom. The van der Waals surface area contributed by atoms with Crippen LogP contribution in [0.15, 0.2) is 24.7 Å². The van der Waals surface area contributed by atoms with Crippen molar-refractivity contribution < 1.29 is 40.6 Å². The van der Waals surface area contributed by atoms with Crippen LogP contribution in [-0.2, 0) is 0 Å². The number of aromatic nitrogens is 5. The zero-order valence-corrected chi connectivity index (χ0v) is 20.8. The molecule has 1 N–H and O–H groups in total. The summed E-state index contributed by atoms with van der Waals surface area (Å²) in [5.74, 6) is 0.277. The maximum absolute atomic E-state index is 13.4. The minimum Gasteiger partial charge on any atom is -0.479 e. The molecule has 0 aliphatic carbocycles. The molecule has 0 aliphatic heterocycles. The molecule has 208 valence electrons. The van der Waals surface area contributed by atoms with Gasteiger partial charge in [0.25, 0.3) is 5.88 Å². The SMILES string of the molecule is CCN(C(=O)NC(CCC(F)(F)F)C(F)(F)F)C(C)c1cc(-c2cn3ccnc3c(OC)n2)c(OC)nn1. The highest BCUT2D eigenvalue weighted by Gasteiger charge is 2.43. The van der Waals surface area contributed by atoms with Crippen molar-refractivity contribution in [1.29, 1.82) is 0 Å². The smallest absolute Gasteiger partial charge is 0.408 e. The Labute approximate surface area is 213 Å². The molecule has 0 saturated heterocycles. The maximum Gasteiger partial charge on any atom is 0.408 e. The van der Waals surface area contributed by atoms with Gasteiger partial charge in [0.2, 0.25) is 5.88 Å². The second kappa shape index (κ2) is 11.3. The highest BCUT2D eigenvalue weighted by molar-refractivity contribution is 5.75. The van der Waals surface area contributed by atoms with Gasteiger partial charge in [0.05, 0.1) is 37.2 Å². The van der Waals surface area contributed by atoms with Crippen molar-refractivity contribution in [3.8, 4) is 23.0 Å². The molecule has 2 amide bonds. The summed E-state index contributed by atoms with van der Waals surface area (Å²) in [5, 5.41) is 9.72. The lowest BCUT2D eigenvalue weighted by atomic mass is 10.1. The molecule has 3 heterocycles. The first kappa shape index (κ1) is 28.7. The van der Waals surface area contributed by atoms with Crippen molar-refractivity contribution in [2.45, 2.75) is 51.1 Å². The zero-order chi connectivity index (χ0) is 28.3. The number of carbonyl (C=O) groups excluding carboxylic acids is 1. The number of urea groups is 1. The number of nitrogens with one attached hydrogen (secondary N) is 1. The Morgan fingerprint density at radius 2 is 1.82 bits per heavy atom. The summed E-state index contributed by atoms with van der Waals surface area (Å²) in [6, 6.07) is -3.31. The van der Waals surface area contributed by atoms with Crippen LogP contribution in [0.2, 0.25) is 0 Å². The first-order chi connectivity index (χ1) is 17.8. The van der Waals surface area contributed by atoms with Crippen molar-refractivity contribution in [2.75, 3.05) is 20.8 Å². The van der Waals surface area contributed by atoms with Gasteiger partial charge in [0.15, 0.2) is 5.65 Å². The fourth-order valence-electron chi connectivity index (χ4n) is 3.71. The lowest BCUT2D eigenvalue weighted by Crippen LogP contribution is -2.51. The van der Waals surface area contributed by atoms with Crippen LogP contribution in [0.3, 0.4) is 0 Å². The second-order valence-electron chi connectivity index (χ2n) is 8.15. The quantitative estimate of drug-likeness (QED) is 0.390. The molecule has 2 unspecified atom stereocenters. The topological polar surface area (TPSA) is 107 Å². The van der Waals surface area contributed by atoms with Crippen molar-refractivity contribution >= 4 is 11.7 Å². The fraction of sp³-hybridized carbons (Fsp3) is 0.500. The summed E-state index contributed by atoms with van der Waals surface area (Å²) < 4.78 is 89.9. The number of methoxy groups -OCH3 is 2. The van der Waals surface area contributed by atoms with Gasteiger partial charge in [-0.1, -0.05) is 0 Å². The average Bonchev–Trinajstić information content (AvgIpc) is 3.33. The van der Waals surface area contributed by atoms with E-state index in [4.69, 9.17) is 9.47 Å². The van der Waals surface area contributed by atoms with Gasteiger partial charge in [-0.25, -0.2) is 14.8 Å². The van der Waals surface area contributed by atoms with E-state index in [1.54, 1.807) is 28.3 Å². The number of hydrogen-bond acceptors (Lipinski definition) is 7. The Balaban J connectivity index is 1.92. The second-order valence-corrected chi connectivity index (χ2v) is 8.15. The van der Waals surface area contributed by atoms with Crippen LogP contribution >= 0.6 is 0 Å². The van der Waals surface area contributed by atoms with Crippen LogP contribution in [0.5, 0.6) is 11.8 Å². The molecule has 0 spiro atoms. The van der Waals surface area contributed by atoms with Gasteiger partial charge in [-0.2, -0.15) is 26.3 Å². The maximum atomic E-state index is 13.4. The van der Waals surface area contributed by atoms with Gasteiger partial charge in [0, 0.05) is 31.6 Å². The molecule has 0 fully saturated rings. The molecule has 0 bridgehead atoms. The number of amides is 2. The van der Waals surface area contributed by atoms with Gasteiger partial charge < -0.3 is 24.1 Å². The number of ether oxygens (including phenoxy) is 2. The third-order valence-corrected chi connectivity index (χ3v) is 5.69. The number of hydrogen-bond donors (Lipinski definition) is 1. The van der Waals surface area contributed by atoms with Crippen molar-refractivity contribution in [2.24, 2.45) is 0 Å². The van der Waals surface area contributed by atoms with Gasteiger partial charge in [-0.15, -0.1) is 10.2 Å². The third-order valence-electron chi connectivity index (χ3n) is 5.69. The molecule has 3 aromatic heterocycles. The molecule has 10 nitrogen and oxygen atoms in total. The summed E-state index contributed by atoms with van der Waals surface area (Å²) in [4.78, 5) is 22.3. The number of fused-ring (bicyclic) bond motifs is 1. The first-order valence-corrected chi connectivity index (χ1v) is 11.3. The molecule has 0 aliphatic rings. The largest absolute Gasteiger partial charge is 0.479 e. The predicted molar refractivity (Wildman–Crippen MR) is 122 cm³/mol. The number of halogens is 6. The van der Waals surface area contributed by atoms with Crippen LogP contribution in [-0.4, -0.2) is 74.7 Å². The Bertz CT molecular complexity index is 1260. The van der Waals surface area contributed by atoms with Crippen LogP contribution in [0, 0.1) is 0 Å². The normalized spacial score (nSPS) is 13.7. The number of nitrogens with zero attached hydrogens (tertiary/aromatic N) is 6. The van der Waals surface area contributed by atoms with Crippen molar-refractivity contribution in [3.63, 3.8) is 0 Å². The predicted octanol–water partition coefficient (Wildman–Crippen LogP) is 4.57. The van der Waals surface area contributed by atoms with Gasteiger partial charge in [-0.05, 0) is 26.3 Å². The summed E-state index contributed by atoms with van der Waals surface area (Å²) in [6.45, 7) is 2.92. The lowest BCUT2D eigenvalue weighted by Gasteiger charge is -2.31. The van der Waals surface area contributed by atoms with Gasteiger partial charge >= 0.3 is 18.4 Å². The van der Waals surface area contributed by atoms with E-state index in [0.29, 0.717) is 16.9 Å². The lowest BCUT2D eigenvalue weighted by molar-refractivity contribution is -0.171. The van der Waals surface area contributed by atoms with Crippen LogP contribution in [0.25, 0.3) is 16.9 Å². The Hall–Kier alpha value is -3.85. The Kier molecular flexibility index (Phi) is 8.51.